The summed E-state index contributed by atoms with van der Waals surface area (Å²) in [4.78, 5) is 9.84. The van der Waals surface area contributed by atoms with Gasteiger partial charge in [-0.3, -0.25) is 4.98 Å². The van der Waals surface area contributed by atoms with E-state index in [0.717, 1.165) is 41.3 Å². The molecule has 2 aromatic heterocycles. The van der Waals surface area contributed by atoms with Crippen molar-refractivity contribution in [3.63, 3.8) is 0 Å². The van der Waals surface area contributed by atoms with Gasteiger partial charge in [0, 0.05) is 31.0 Å². The Kier molecular flexibility index (Phi) is 2.96. The maximum atomic E-state index is 9.41. The van der Waals surface area contributed by atoms with Crippen LogP contribution in [-0.4, -0.2) is 23.1 Å². The molecule has 0 saturated carbocycles. The van der Waals surface area contributed by atoms with Gasteiger partial charge in [0.1, 0.15) is 11.9 Å². The molecule has 1 fully saturated rings. The third-order valence-electron chi connectivity index (χ3n) is 3.71. The topological polar surface area (TPSA) is 55.7 Å². The van der Waals surface area contributed by atoms with Gasteiger partial charge in [0.25, 0.3) is 0 Å². The number of nitriles is 1. The molecule has 0 amide bonds. The highest BCUT2D eigenvalue weighted by atomic mass is 15.2. The maximum absolute atomic E-state index is 9.41. The number of nitrogens with one attached hydrogen (secondary N) is 1. The summed E-state index contributed by atoms with van der Waals surface area (Å²) in [5.41, 5.74) is 3.81. The first-order chi connectivity index (χ1) is 9.31. The fraction of sp³-hybridized carbons (Fsp3) is 0.333. The van der Waals surface area contributed by atoms with Gasteiger partial charge in [-0.05, 0) is 37.5 Å². The van der Waals surface area contributed by atoms with Crippen LogP contribution in [0, 0.1) is 18.3 Å². The summed E-state index contributed by atoms with van der Waals surface area (Å²) < 4.78 is 0. The Morgan fingerprint density at radius 1 is 1.37 bits per heavy atom. The Balaban J connectivity index is 2.10. The molecule has 1 aliphatic heterocycles. The van der Waals surface area contributed by atoms with Crippen LogP contribution in [0.15, 0.2) is 24.5 Å². The first kappa shape index (κ1) is 11.8. The van der Waals surface area contributed by atoms with Gasteiger partial charge in [-0.25, -0.2) is 0 Å². The largest absolute Gasteiger partial charge is 0.357 e. The molecule has 0 aromatic carbocycles. The summed E-state index contributed by atoms with van der Waals surface area (Å²) in [6, 6.07) is 6.27. The minimum absolute atomic E-state index is 0.765. The van der Waals surface area contributed by atoms with Crippen molar-refractivity contribution in [2.75, 3.05) is 18.0 Å². The van der Waals surface area contributed by atoms with E-state index in [0.29, 0.717) is 0 Å². The van der Waals surface area contributed by atoms with E-state index in [2.05, 4.69) is 20.9 Å². The van der Waals surface area contributed by atoms with Gasteiger partial charge < -0.3 is 9.88 Å². The standard InChI is InChI=1S/C15H16N4/c1-11-13(9-16)15(19-7-2-3-8-19)18-14(11)12-5-4-6-17-10-12/h4-6,10,18H,2-3,7-8H2,1H3. The van der Waals surface area contributed by atoms with Crippen molar-refractivity contribution in [2.45, 2.75) is 19.8 Å². The van der Waals surface area contributed by atoms with Crippen LogP contribution >= 0.6 is 0 Å². The van der Waals surface area contributed by atoms with Crippen LogP contribution in [0.3, 0.4) is 0 Å². The number of rotatable bonds is 2. The lowest BCUT2D eigenvalue weighted by molar-refractivity contribution is 0.944. The molecule has 4 nitrogen and oxygen atoms in total. The zero-order chi connectivity index (χ0) is 13.2. The fourth-order valence-corrected chi connectivity index (χ4v) is 2.69. The van der Waals surface area contributed by atoms with Gasteiger partial charge in [0.2, 0.25) is 0 Å². The third-order valence-corrected chi connectivity index (χ3v) is 3.71. The monoisotopic (exact) mass is 252 g/mol. The molecule has 1 N–H and O–H groups in total. The van der Waals surface area contributed by atoms with E-state index in [9.17, 15) is 5.26 Å². The Bertz CT molecular complexity index is 616. The molecule has 0 aliphatic carbocycles. The van der Waals surface area contributed by atoms with Crippen LogP contribution in [0.5, 0.6) is 0 Å². The zero-order valence-corrected chi connectivity index (χ0v) is 11.0. The lowest BCUT2D eigenvalue weighted by atomic mass is 10.1. The van der Waals surface area contributed by atoms with Gasteiger partial charge >= 0.3 is 0 Å². The number of hydrogen-bond donors (Lipinski definition) is 1. The van der Waals surface area contributed by atoms with E-state index in [1.165, 1.54) is 12.8 Å². The molecule has 3 rings (SSSR count). The van der Waals surface area contributed by atoms with Crippen molar-refractivity contribution in [1.29, 1.82) is 5.26 Å². The number of aromatic nitrogens is 2. The molecule has 3 heterocycles. The van der Waals surface area contributed by atoms with E-state index < -0.39 is 0 Å². The number of hydrogen-bond acceptors (Lipinski definition) is 3. The third kappa shape index (κ3) is 1.97. The predicted molar refractivity (Wildman–Crippen MR) is 74.9 cm³/mol. The smallest absolute Gasteiger partial charge is 0.124 e. The molecule has 0 radical (unpaired) electrons. The van der Waals surface area contributed by atoms with Crippen LogP contribution in [0.25, 0.3) is 11.3 Å². The van der Waals surface area contributed by atoms with Gasteiger partial charge in [-0.15, -0.1) is 0 Å². The van der Waals surface area contributed by atoms with E-state index in [1.807, 2.05) is 25.3 Å². The molecule has 0 unspecified atom stereocenters. The quantitative estimate of drug-likeness (QED) is 0.894. The summed E-state index contributed by atoms with van der Waals surface area (Å²) in [5, 5.41) is 9.41. The molecule has 0 bridgehead atoms. The highest BCUT2D eigenvalue weighted by molar-refractivity contribution is 5.73. The van der Waals surface area contributed by atoms with Crippen molar-refractivity contribution < 1.29 is 0 Å². The van der Waals surface area contributed by atoms with E-state index in [4.69, 9.17) is 0 Å². The van der Waals surface area contributed by atoms with E-state index >= 15 is 0 Å². The highest BCUT2D eigenvalue weighted by Crippen LogP contribution is 2.33. The summed E-state index contributed by atoms with van der Waals surface area (Å²) in [6.07, 6.45) is 5.98. The summed E-state index contributed by atoms with van der Waals surface area (Å²) in [7, 11) is 0. The van der Waals surface area contributed by atoms with Crippen molar-refractivity contribution in [3.05, 3.63) is 35.7 Å². The van der Waals surface area contributed by atoms with Crippen molar-refractivity contribution in [2.24, 2.45) is 0 Å². The Morgan fingerprint density at radius 2 is 2.16 bits per heavy atom. The average molecular weight is 252 g/mol. The average Bonchev–Trinajstić information content (AvgIpc) is 3.07. The first-order valence-corrected chi connectivity index (χ1v) is 6.59. The number of pyridine rings is 1. The minimum atomic E-state index is 0.765. The van der Waals surface area contributed by atoms with Crippen molar-refractivity contribution in [1.82, 2.24) is 9.97 Å². The molecule has 1 aliphatic rings. The second-order valence-electron chi connectivity index (χ2n) is 4.90. The molecule has 1 saturated heterocycles. The number of nitrogens with zero attached hydrogens (tertiary/aromatic N) is 3. The SMILES string of the molecule is Cc1c(-c2cccnc2)[nH]c(N2CCCC2)c1C#N. The molecular weight excluding hydrogens is 236 g/mol. The van der Waals surface area contributed by atoms with Crippen LogP contribution < -0.4 is 4.90 Å². The molecule has 0 atom stereocenters. The Hall–Kier alpha value is -2.28. The summed E-state index contributed by atoms with van der Waals surface area (Å²) >= 11 is 0. The van der Waals surface area contributed by atoms with Gasteiger partial charge in [0.15, 0.2) is 0 Å². The number of H-pyrrole nitrogens is 1. The Morgan fingerprint density at radius 3 is 2.79 bits per heavy atom. The second-order valence-corrected chi connectivity index (χ2v) is 4.90. The highest BCUT2D eigenvalue weighted by Gasteiger charge is 2.22. The number of aromatic amines is 1. The molecule has 96 valence electrons. The van der Waals surface area contributed by atoms with E-state index in [-0.39, 0.29) is 0 Å². The molecule has 0 spiro atoms. The molecule has 4 heteroatoms. The van der Waals surface area contributed by atoms with Crippen LogP contribution in [0.1, 0.15) is 24.0 Å². The minimum Gasteiger partial charge on any atom is -0.357 e. The molecule has 2 aromatic rings. The first-order valence-electron chi connectivity index (χ1n) is 6.59. The van der Waals surface area contributed by atoms with Crippen LogP contribution in [0.2, 0.25) is 0 Å². The lowest BCUT2D eigenvalue weighted by Gasteiger charge is -2.15. The molecular formula is C15H16N4. The second kappa shape index (κ2) is 4.77. The summed E-state index contributed by atoms with van der Waals surface area (Å²) in [6.45, 7) is 4.05. The molecule has 19 heavy (non-hydrogen) atoms. The van der Waals surface area contributed by atoms with Gasteiger partial charge in [-0.2, -0.15) is 5.26 Å². The lowest BCUT2D eigenvalue weighted by Crippen LogP contribution is -2.18. The van der Waals surface area contributed by atoms with Gasteiger partial charge in [-0.1, -0.05) is 0 Å². The van der Waals surface area contributed by atoms with E-state index in [1.54, 1.807) is 6.20 Å². The normalized spacial score (nSPS) is 14.6. The van der Waals surface area contributed by atoms with Crippen LogP contribution in [-0.2, 0) is 0 Å². The number of anilines is 1. The maximum Gasteiger partial charge on any atom is 0.124 e. The zero-order valence-electron chi connectivity index (χ0n) is 11.0. The van der Waals surface area contributed by atoms with Crippen LogP contribution in [0.4, 0.5) is 5.82 Å². The summed E-state index contributed by atoms with van der Waals surface area (Å²) in [5.74, 6) is 0.969. The Labute approximate surface area is 112 Å². The predicted octanol–water partition coefficient (Wildman–Crippen LogP) is 2.86. The fourth-order valence-electron chi connectivity index (χ4n) is 2.69. The van der Waals surface area contributed by atoms with Crippen molar-refractivity contribution in [3.8, 4) is 17.3 Å². The van der Waals surface area contributed by atoms with Gasteiger partial charge in [0.05, 0.1) is 11.3 Å². The van der Waals surface area contributed by atoms with Crippen molar-refractivity contribution >= 4 is 5.82 Å².